The van der Waals surface area contributed by atoms with Gasteiger partial charge in [-0.25, -0.2) is 9.67 Å². The predicted molar refractivity (Wildman–Crippen MR) is 59.9 cm³/mol. The summed E-state index contributed by atoms with van der Waals surface area (Å²) >= 11 is 0. The summed E-state index contributed by atoms with van der Waals surface area (Å²) in [5.74, 6) is -0.105. The van der Waals surface area contributed by atoms with Gasteiger partial charge in [0.25, 0.3) is 0 Å². The van der Waals surface area contributed by atoms with Crippen LogP contribution in [0.25, 0.3) is 0 Å². The zero-order valence-electron chi connectivity index (χ0n) is 9.67. The third-order valence-corrected chi connectivity index (χ3v) is 2.07. The normalized spacial score (nSPS) is 12.4. The maximum atomic E-state index is 11.6. The van der Waals surface area contributed by atoms with Crippen LogP contribution in [0.4, 0.5) is 5.95 Å². The Balaban J connectivity index is 2.41. The lowest BCUT2D eigenvalue weighted by atomic mass is 10.2. The maximum Gasteiger partial charge on any atom is 0.242 e. The van der Waals surface area contributed by atoms with Gasteiger partial charge in [-0.15, -0.1) is 5.10 Å². The molecule has 1 aromatic heterocycles. The van der Waals surface area contributed by atoms with Crippen molar-refractivity contribution in [3.05, 3.63) is 6.33 Å². The van der Waals surface area contributed by atoms with Crippen LogP contribution in [-0.2, 0) is 16.1 Å². The molecule has 0 saturated heterocycles. The molecule has 0 spiro atoms. The van der Waals surface area contributed by atoms with E-state index >= 15 is 0 Å². The van der Waals surface area contributed by atoms with Gasteiger partial charge in [0.2, 0.25) is 11.9 Å². The number of aliphatic hydroxyl groups is 1. The molecular formula is C9H17N5O3. The number of aliphatic hydroxyl groups excluding tert-OH is 1. The summed E-state index contributed by atoms with van der Waals surface area (Å²) in [4.78, 5) is 15.3. The number of hydrogen-bond acceptors (Lipinski definition) is 6. The molecule has 0 saturated carbocycles. The minimum Gasteiger partial charge on any atom is -0.396 e. The third kappa shape index (κ3) is 4.79. The first-order valence-electron chi connectivity index (χ1n) is 5.19. The van der Waals surface area contributed by atoms with Crippen LogP contribution in [0.1, 0.15) is 6.42 Å². The number of aromatic nitrogens is 3. The number of ether oxygens (including phenoxy) is 1. The Morgan fingerprint density at radius 3 is 3.06 bits per heavy atom. The summed E-state index contributed by atoms with van der Waals surface area (Å²) in [6, 6.07) is -0.210. The van der Waals surface area contributed by atoms with Crippen LogP contribution in [-0.4, -0.2) is 52.1 Å². The number of nitrogens with zero attached hydrogens (tertiary/aromatic N) is 3. The highest BCUT2D eigenvalue weighted by Gasteiger charge is 2.12. The fourth-order valence-electron chi connectivity index (χ4n) is 1.36. The van der Waals surface area contributed by atoms with Crippen LogP contribution < -0.4 is 11.1 Å². The molecule has 4 N–H and O–H groups in total. The van der Waals surface area contributed by atoms with Crippen molar-refractivity contribution in [3.63, 3.8) is 0 Å². The van der Waals surface area contributed by atoms with Crippen molar-refractivity contribution in [1.82, 2.24) is 20.1 Å². The molecule has 96 valence electrons. The van der Waals surface area contributed by atoms with E-state index < -0.39 is 0 Å². The average molecular weight is 243 g/mol. The quantitative estimate of drug-likeness (QED) is 0.530. The average Bonchev–Trinajstić information content (AvgIpc) is 2.64. The number of carbonyl (C=O) groups is 1. The molecule has 0 bridgehead atoms. The number of nitrogen functional groups attached to an aromatic ring is 1. The van der Waals surface area contributed by atoms with E-state index in [1.54, 1.807) is 0 Å². The SMILES string of the molecule is COCC(CCO)NC(=O)Cn1cnc(N)n1. The van der Waals surface area contributed by atoms with Gasteiger partial charge in [-0.2, -0.15) is 0 Å². The van der Waals surface area contributed by atoms with Gasteiger partial charge >= 0.3 is 0 Å². The maximum absolute atomic E-state index is 11.6. The number of carbonyl (C=O) groups excluding carboxylic acids is 1. The summed E-state index contributed by atoms with van der Waals surface area (Å²) in [5.41, 5.74) is 5.32. The van der Waals surface area contributed by atoms with Crippen molar-refractivity contribution < 1.29 is 14.6 Å². The van der Waals surface area contributed by atoms with Crippen LogP contribution in [0.2, 0.25) is 0 Å². The van der Waals surface area contributed by atoms with Gasteiger partial charge in [-0.3, -0.25) is 4.79 Å². The number of anilines is 1. The summed E-state index contributed by atoms with van der Waals surface area (Å²) in [6.07, 6.45) is 1.82. The number of amides is 1. The highest BCUT2D eigenvalue weighted by Crippen LogP contribution is 1.94. The fraction of sp³-hybridized carbons (Fsp3) is 0.667. The third-order valence-electron chi connectivity index (χ3n) is 2.07. The van der Waals surface area contributed by atoms with Gasteiger partial charge in [0.1, 0.15) is 12.9 Å². The number of methoxy groups -OCH3 is 1. The van der Waals surface area contributed by atoms with Crippen molar-refractivity contribution >= 4 is 11.9 Å². The van der Waals surface area contributed by atoms with Gasteiger partial charge in [0.05, 0.1) is 12.6 Å². The van der Waals surface area contributed by atoms with Gasteiger partial charge < -0.3 is 20.9 Å². The zero-order valence-corrected chi connectivity index (χ0v) is 9.67. The monoisotopic (exact) mass is 243 g/mol. The van der Waals surface area contributed by atoms with Crippen LogP contribution >= 0.6 is 0 Å². The Labute approximate surface area is 98.8 Å². The minimum absolute atomic E-state index is 0.00935. The Bertz CT molecular complexity index is 348. The summed E-state index contributed by atoms with van der Waals surface area (Å²) in [7, 11) is 1.54. The van der Waals surface area contributed by atoms with E-state index in [1.807, 2.05) is 0 Å². The fourth-order valence-corrected chi connectivity index (χ4v) is 1.36. The van der Waals surface area contributed by atoms with Crippen molar-refractivity contribution in [3.8, 4) is 0 Å². The lowest BCUT2D eigenvalue weighted by Crippen LogP contribution is -2.40. The summed E-state index contributed by atoms with van der Waals surface area (Å²) in [6.45, 7) is 0.381. The van der Waals surface area contributed by atoms with Crippen molar-refractivity contribution in [1.29, 1.82) is 0 Å². The Kier molecular flexibility index (Phi) is 5.37. The molecule has 1 aromatic rings. The smallest absolute Gasteiger partial charge is 0.242 e. The highest BCUT2D eigenvalue weighted by molar-refractivity contribution is 5.75. The number of nitrogens with two attached hydrogens (primary N) is 1. The molecular weight excluding hydrogens is 226 g/mol. The Hall–Kier alpha value is -1.67. The van der Waals surface area contributed by atoms with Crippen LogP contribution in [0.5, 0.6) is 0 Å². The first-order valence-corrected chi connectivity index (χ1v) is 5.19. The predicted octanol–water partition coefficient (Wildman–Crippen LogP) is -1.63. The van der Waals surface area contributed by atoms with E-state index in [4.69, 9.17) is 15.6 Å². The van der Waals surface area contributed by atoms with Crippen molar-refractivity contribution in [2.75, 3.05) is 26.1 Å². The van der Waals surface area contributed by atoms with E-state index in [9.17, 15) is 4.79 Å². The first-order chi connectivity index (χ1) is 8.15. The molecule has 0 aliphatic heterocycles. The van der Waals surface area contributed by atoms with Gasteiger partial charge in [-0.1, -0.05) is 0 Å². The summed E-state index contributed by atoms with van der Waals surface area (Å²) in [5, 5.41) is 15.3. The van der Waals surface area contributed by atoms with Crippen LogP contribution in [0, 0.1) is 0 Å². The number of rotatable bonds is 7. The Morgan fingerprint density at radius 1 is 1.76 bits per heavy atom. The molecule has 17 heavy (non-hydrogen) atoms. The van der Waals surface area contributed by atoms with Gasteiger partial charge in [-0.05, 0) is 6.42 Å². The highest BCUT2D eigenvalue weighted by atomic mass is 16.5. The van der Waals surface area contributed by atoms with E-state index in [0.29, 0.717) is 13.0 Å². The largest absolute Gasteiger partial charge is 0.396 e. The molecule has 0 aliphatic rings. The molecule has 1 heterocycles. The number of hydrogen-bond donors (Lipinski definition) is 3. The van der Waals surface area contributed by atoms with Crippen LogP contribution in [0.15, 0.2) is 6.33 Å². The molecule has 8 heteroatoms. The minimum atomic E-state index is -0.231. The molecule has 1 unspecified atom stereocenters. The molecule has 1 amide bonds. The topological polar surface area (TPSA) is 115 Å². The molecule has 0 aliphatic carbocycles. The number of nitrogens with one attached hydrogen (secondary N) is 1. The lowest BCUT2D eigenvalue weighted by Gasteiger charge is -2.16. The van der Waals surface area contributed by atoms with E-state index in [2.05, 4.69) is 15.4 Å². The molecule has 0 aromatic carbocycles. The zero-order chi connectivity index (χ0) is 12.7. The first kappa shape index (κ1) is 13.4. The van der Waals surface area contributed by atoms with E-state index in [1.165, 1.54) is 18.1 Å². The molecule has 1 atom stereocenters. The lowest BCUT2D eigenvalue weighted by molar-refractivity contribution is -0.123. The van der Waals surface area contributed by atoms with Crippen molar-refractivity contribution in [2.24, 2.45) is 0 Å². The molecule has 8 nitrogen and oxygen atoms in total. The van der Waals surface area contributed by atoms with Crippen LogP contribution in [0.3, 0.4) is 0 Å². The van der Waals surface area contributed by atoms with Gasteiger partial charge in [0.15, 0.2) is 0 Å². The van der Waals surface area contributed by atoms with E-state index in [0.717, 1.165) is 0 Å². The summed E-state index contributed by atoms with van der Waals surface area (Å²) < 4.78 is 6.27. The Morgan fingerprint density at radius 2 is 2.53 bits per heavy atom. The molecule has 1 rings (SSSR count). The molecule has 0 radical (unpaired) electrons. The molecule has 0 fully saturated rings. The second-order valence-electron chi connectivity index (χ2n) is 3.53. The van der Waals surface area contributed by atoms with Crippen molar-refractivity contribution in [2.45, 2.75) is 19.0 Å². The van der Waals surface area contributed by atoms with E-state index in [-0.39, 0.29) is 31.0 Å². The second kappa shape index (κ2) is 6.81. The second-order valence-corrected chi connectivity index (χ2v) is 3.53. The standard InChI is InChI=1S/C9H17N5O3/c1-17-5-7(2-3-15)12-8(16)4-14-6-11-9(10)13-14/h6-7,15H,2-5H2,1H3,(H2,10,13)(H,12,16). The van der Waals surface area contributed by atoms with Gasteiger partial charge in [0, 0.05) is 13.7 Å².